The van der Waals surface area contributed by atoms with Crippen LogP contribution in [-0.2, 0) is 27.5 Å². The van der Waals surface area contributed by atoms with Crippen molar-refractivity contribution in [1.29, 1.82) is 0 Å². The van der Waals surface area contributed by atoms with Crippen LogP contribution < -0.4 is 0 Å². The van der Waals surface area contributed by atoms with E-state index in [1.54, 1.807) is 0 Å². The fraction of sp³-hybridized carbons (Fsp3) is 0.304. The molecule has 0 aliphatic heterocycles. The number of rotatable bonds is 11. The molecule has 0 fully saturated rings. The third kappa shape index (κ3) is 9.06. The molecule has 0 spiro atoms. The fourth-order valence-electron chi connectivity index (χ4n) is 2.69. The number of imide groups is 1. The van der Waals surface area contributed by atoms with Gasteiger partial charge in [-0.25, -0.2) is 14.5 Å². The van der Waals surface area contributed by atoms with Gasteiger partial charge in [-0.1, -0.05) is 60.7 Å². The summed E-state index contributed by atoms with van der Waals surface area (Å²) in [5, 5.41) is 0. The molecule has 0 unspecified atom stereocenters. The molecule has 0 aromatic heterocycles. The van der Waals surface area contributed by atoms with E-state index in [9.17, 15) is 14.4 Å². The van der Waals surface area contributed by atoms with Crippen molar-refractivity contribution < 1.29 is 28.6 Å². The van der Waals surface area contributed by atoms with Crippen molar-refractivity contribution in [2.75, 3.05) is 6.54 Å². The van der Waals surface area contributed by atoms with Crippen LogP contribution in [0.3, 0.4) is 0 Å². The number of ketones is 1. The molecule has 8 heteroatoms. The first kappa shape index (κ1) is 23.5. The first-order chi connectivity index (χ1) is 15.1. The monoisotopic (exact) mass is 423 g/mol. The molecule has 162 valence electrons. The van der Waals surface area contributed by atoms with E-state index < -0.39 is 12.2 Å². The molecule has 2 amide bonds. The van der Waals surface area contributed by atoms with E-state index in [0.29, 0.717) is 12.8 Å². The largest absolute Gasteiger partial charge is 0.444 e. The molecular formula is C23H25N3O5. The molecular weight excluding hydrogens is 398 g/mol. The van der Waals surface area contributed by atoms with Crippen molar-refractivity contribution in [3.63, 3.8) is 0 Å². The molecule has 31 heavy (non-hydrogen) atoms. The Bertz CT molecular complexity index is 840. The number of carbonyl (C=O) groups is 3. The quantitative estimate of drug-likeness (QED) is 0.230. The number of Topliss-reactive ketones (excluding diaryl/α,β-unsaturated/α-hetero) is 1. The van der Waals surface area contributed by atoms with Crippen LogP contribution in [0.15, 0.2) is 60.7 Å². The molecule has 2 rings (SSSR count). The predicted octanol–water partition coefficient (Wildman–Crippen LogP) is 4.39. The highest BCUT2D eigenvalue weighted by molar-refractivity contribution is 5.89. The lowest BCUT2D eigenvalue weighted by atomic mass is 10.1. The van der Waals surface area contributed by atoms with Gasteiger partial charge < -0.3 is 15.0 Å². The smallest absolute Gasteiger partial charge is 0.419 e. The van der Waals surface area contributed by atoms with Crippen molar-refractivity contribution in [3.8, 4) is 0 Å². The number of carbonyl (C=O) groups excluding carboxylic acids is 3. The summed E-state index contributed by atoms with van der Waals surface area (Å²) in [5.41, 5.74) is 9.95. The zero-order chi connectivity index (χ0) is 22.3. The van der Waals surface area contributed by atoms with Gasteiger partial charge in [0.1, 0.15) is 25.4 Å². The normalized spacial score (nSPS) is 9.94. The number of ether oxygens (including phenoxy) is 2. The summed E-state index contributed by atoms with van der Waals surface area (Å²) in [6.45, 7) is 0.116. The van der Waals surface area contributed by atoms with E-state index in [4.69, 9.17) is 15.0 Å². The standard InChI is InChI=1S/C23H25N3O5/c24-25-15-14-21(27)13-7-8-16-26(22(28)30-17-19-9-3-1-4-10-19)23(29)31-18-20-11-5-2-6-12-20/h1-6,9-12,15H,7-8,13-14,16-18H2. The lowest BCUT2D eigenvalue weighted by Gasteiger charge is -2.20. The van der Waals surface area contributed by atoms with Crippen LogP contribution in [0.2, 0.25) is 0 Å². The molecule has 0 aliphatic carbocycles. The van der Waals surface area contributed by atoms with Gasteiger partial charge in [0.05, 0.1) is 0 Å². The molecule has 0 saturated heterocycles. The Morgan fingerprint density at radius 3 is 1.84 bits per heavy atom. The fourth-order valence-corrected chi connectivity index (χ4v) is 2.69. The highest BCUT2D eigenvalue weighted by Crippen LogP contribution is 2.10. The van der Waals surface area contributed by atoms with Crippen LogP contribution in [0, 0.1) is 0 Å². The highest BCUT2D eigenvalue weighted by Gasteiger charge is 2.24. The number of unbranched alkanes of at least 4 members (excludes halogenated alkanes) is 1. The molecule has 0 heterocycles. The molecule has 8 nitrogen and oxygen atoms in total. The first-order valence-electron chi connectivity index (χ1n) is 9.96. The van der Waals surface area contributed by atoms with Gasteiger partial charge in [-0.15, -0.1) is 0 Å². The van der Waals surface area contributed by atoms with E-state index in [-0.39, 0.29) is 38.4 Å². The zero-order valence-electron chi connectivity index (χ0n) is 17.2. The van der Waals surface area contributed by atoms with Crippen LogP contribution in [0.1, 0.15) is 36.8 Å². The minimum absolute atomic E-state index is 0.0289. The Kier molecular flexibility index (Phi) is 10.2. The molecule has 0 N–H and O–H groups in total. The third-order valence-electron chi connectivity index (χ3n) is 4.34. The average Bonchev–Trinajstić information content (AvgIpc) is 2.81. The SMILES string of the molecule is [N-]=[N+]=CCC(=O)CCCCN(C(=O)OCc1ccccc1)C(=O)OCc1ccccc1. The van der Waals surface area contributed by atoms with E-state index in [0.717, 1.165) is 22.2 Å². The Labute approximate surface area is 181 Å². The summed E-state index contributed by atoms with van der Waals surface area (Å²) in [6, 6.07) is 18.3. The Morgan fingerprint density at radius 2 is 1.35 bits per heavy atom. The van der Waals surface area contributed by atoms with Crippen molar-refractivity contribution in [2.24, 2.45) is 0 Å². The number of benzene rings is 2. The van der Waals surface area contributed by atoms with Crippen molar-refractivity contribution in [1.82, 2.24) is 4.90 Å². The zero-order valence-corrected chi connectivity index (χ0v) is 17.2. The summed E-state index contributed by atoms with van der Waals surface area (Å²) in [7, 11) is 0. The van der Waals surface area contributed by atoms with Gasteiger partial charge >= 0.3 is 12.2 Å². The van der Waals surface area contributed by atoms with Crippen LogP contribution >= 0.6 is 0 Å². The summed E-state index contributed by atoms with van der Waals surface area (Å²) in [4.78, 5) is 40.4. The Hall–Kier alpha value is -3.77. The summed E-state index contributed by atoms with van der Waals surface area (Å²) in [5.74, 6) is -0.0948. The minimum Gasteiger partial charge on any atom is -0.444 e. The second-order valence-electron chi connectivity index (χ2n) is 6.73. The highest BCUT2D eigenvalue weighted by atomic mass is 16.6. The van der Waals surface area contributed by atoms with Crippen molar-refractivity contribution in [2.45, 2.75) is 38.9 Å². The lowest BCUT2D eigenvalue weighted by molar-refractivity contribution is -0.118. The predicted molar refractivity (Wildman–Crippen MR) is 113 cm³/mol. The van der Waals surface area contributed by atoms with Crippen LogP contribution in [0.5, 0.6) is 0 Å². The topological polar surface area (TPSA) is 109 Å². The number of hydrogen-bond acceptors (Lipinski definition) is 5. The minimum atomic E-state index is -0.805. The van der Waals surface area contributed by atoms with Gasteiger partial charge in [0.2, 0.25) is 0 Å². The number of nitrogens with zero attached hydrogens (tertiary/aromatic N) is 3. The van der Waals surface area contributed by atoms with Gasteiger partial charge in [-0.3, -0.25) is 4.79 Å². The van der Waals surface area contributed by atoms with Gasteiger partial charge in [0.15, 0.2) is 0 Å². The van der Waals surface area contributed by atoms with E-state index in [1.807, 2.05) is 60.7 Å². The van der Waals surface area contributed by atoms with Gasteiger partial charge in [-0.2, -0.15) is 4.79 Å². The molecule has 2 aromatic carbocycles. The van der Waals surface area contributed by atoms with E-state index in [1.165, 1.54) is 0 Å². The molecule has 0 bridgehead atoms. The summed E-state index contributed by atoms with van der Waals surface area (Å²) >= 11 is 0. The first-order valence-corrected chi connectivity index (χ1v) is 9.96. The second kappa shape index (κ2) is 13.5. The molecule has 0 radical (unpaired) electrons. The van der Waals surface area contributed by atoms with E-state index >= 15 is 0 Å². The summed E-state index contributed by atoms with van der Waals surface area (Å²) in [6.07, 6.45) is 0.670. The van der Waals surface area contributed by atoms with Crippen LogP contribution in [0.25, 0.3) is 5.53 Å². The third-order valence-corrected chi connectivity index (χ3v) is 4.34. The maximum absolute atomic E-state index is 12.5. The Morgan fingerprint density at radius 1 is 0.839 bits per heavy atom. The van der Waals surface area contributed by atoms with Gasteiger partial charge in [0.25, 0.3) is 6.21 Å². The average molecular weight is 423 g/mol. The Balaban J connectivity index is 1.91. The molecule has 2 aromatic rings. The van der Waals surface area contributed by atoms with Crippen LogP contribution in [-0.4, -0.2) is 40.4 Å². The van der Waals surface area contributed by atoms with Crippen molar-refractivity contribution in [3.05, 3.63) is 77.3 Å². The summed E-state index contributed by atoms with van der Waals surface area (Å²) < 4.78 is 10.5. The van der Waals surface area contributed by atoms with Crippen LogP contribution in [0.4, 0.5) is 9.59 Å². The van der Waals surface area contributed by atoms with Gasteiger partial charge in [0, 0.05) is 13.0 Å². The number of amides is 2. The maximum Gasteiger partial charge on any atom is 0.419 e. The van der Waals surface area contributed by atoms with E-state index in [2.05, 4.69) is 4.79 Å². The molecule has 0 atom stereocenters. The van der Waals surface area contributed by atoms with Gasteiger partial charge in [-0.05, 0) is 24.0 Å². The number of hydrogen-bond donors (Lipinski definition) is 0. The second-order valence-corrected chi connectivity index (χ2v) is 6.73. The molecule has 0 aliphatic rings. The van der Waals surface area contributed by atoms with Crippen molar-refractivity contribution >= 4 is 24.2 Å². The lowest BCUT2D eigenvalue weighted by Crippen LogP contribution is -2.38. The molecule has 0 saturated carbocycles. The maximum atomic E-state index is 12.5.